The van der Waals surface area contributed by atoms with Gasteiger partial charge in [0, 0.05) is 13.5 Å². The highest BCUT2D eigenvalue weighted by atomic mass is 16.5. The minimum Gasteiger partial charge on any atom is -0.461 e. The van der Waals surface area contributed by atoms with E-state index in [0.717, 1.165) is 19.3 Å². The van der Waals surface area contributed by atoms with E-state index in [1.165, 1.54) is 6.92 Å². The molecule has 1 N–H and O–H groups in total. The lowest BCUT2D eigenvalue weighted by Gasteiger charge is -2.10. The number of nitrogens with one attached hydrogen (secondary N) is 1. The van der Waals surface area contributed by atoms with Crippen LogP contribution in [-0.2, 0) is 14.3 Å². The molecular weight excluding hydrogens is 206 g/mol. The maximum absolute atomic E-state index is 11.3. The quantitative estimate of drug-likeness (QED) is 0.390. The number of amides is 1. The maximum Gasteiger partial charge on any atom is 0.308 e. The lowest BCUT2D eigenvalue weighted by molar-refractivity contribution is -0.146. The van der Waals surface area contributed by atoms with Crippen molar-refractivity contribution in [3.8, 4) is 0 Å². The lowest BCUT2D eigenvalue weighted by atomic mass is 10.0. The zero-order chi connectivity index (χ0) is 12.4. The van der Waals surface area contributed by atoms with Gasteiger partial charge in [-0.15, -0.1) is 0 Å². The van der Waals surface area contributed by atoms with Gasteiger partial charge in [0.15, 0.2) is 0 Å². The van der Waals surface area contributed by atoms with Crippen molar-refractivity contribution in [2.24, 2.45) is 5.92 Å². The van der Waals surface area contributed by atoms with Gasteiger partial charge in [-0.05, 0) is 12.8 Å². The molecule has 0 fully saturated rings. The number of ether oxygens (including phenoxy) is 1. The molecule has 0 unspecified atom stereocenters. The third kappa shape index (κ3) is 8.03. The fourth-order valence-corrected chi connectivity index (χ4v) is 1.24. The first-order valence-electron chi connectivity index (χ1n) is 5.60. The van der Waals surface area contributed by atoms with Gasteiger partial charge in [-0.3, -0.25) is 9.59 Å². The average molecular weight is 227 g/mol. The second-order valence-corrected chi connectivity index (χ2v) is 3.80. The molecule has 4 heteroatoms. The molecule has 4 nitrogen and oxygen atoms in total. The van der Waals surface area contributed by atoms with Crippen LogP contribution in [0.25, 0.3) is 0 Å². The Kier molecular flexibility index (Phi) is 8.21. The average Bonchev–Trinajstić information content (AvgIpc) is 2.24. The van der Waals surface area contributed by atoms with Crippen LogP contribution in [0.3, 0.4) is 0 Å². The molecule has 0 aliphatic carbocycles. The van der Waals surface area contributed by atoms with E-state index in [1.807, 2.05) is 6.92 Å². The van der Waals surface area contributed by atoms with E-state index < -0.39 is 0 Å². The van der Waals surface area contributed by atoms with Crippen LogP contribution >= 0.6 is 0 Å². The molecule has 0 rings (SSSR count). The number of carbonyl (C=O) groups excluding carboxylic acids is 2. The molecule has 0 aromatic carbocycles. The minimum absolute atomic E-state index is 0.0153. The van der Waals surface area contributed by atoms with E-state index in [0.29, 0.717) is 6.54 Å². The second-order valence-electron chi connectivity index (χ2n) is 3.80. The van der Waals surface area contributed by atoms with E-state index in [9.17, 15) is 9.59 Å². The van der Waals surface area contributed by atoms with Crippen LogP contribution in [-0.4, -0.2) is 25.0 Å². The summed E-state index contributed by atoms with van der Waals surface area (Å²) in [6, 6.07) is 0. The molecule has 0 spiro atoms. The maximum atomic E-state index is 11.3. The first-order valence-corrected chi connectivity index (χ1v) is 5.60. The van der Waals surface area contributed by atoms with Crippen LogP contribution in [0.5, 0.6) is 0 Å². The number of esters is 1. The first kappa shape index (κ1) is 14.7. The SMILES string of the molecule is C=CCOC(=O)[C@@H](C)CCCCNC(C)=O. The first-order chi connectivity index (χ1) is 7.57. The van der Waals surface area contributed by atoms with Crippen molar-refractivity contribution in [2.75, 3.05) is 13.2 Å². The molecule has 1 amide bonds. The van der Waals surface area contributed by atoms with Gasteiger partial charge < -0.3 is 10.1 Å². The van der Waals surface area contributed by atoms with Gasteiger partial charge in [0.2, 0.25) is 5.91 Å². The third-order valence-electron chi connectivity index (χ3n) is 2.18. The number of unbranched alkanes of at least 4 members (excludes halogenated alkanes) is 1. The molecule has 0 aliphatic heterocycles. The predicted octanol–water partition coefficient (Wildman–Crippen LogP) is 1.66. The van der Waals surface area contributed by atoms with Crippen LogP contribution < -0.4 is 5.32 Å². The largest absolute Gasteiger partial charge is 0.461 e. The molecule has 0 saturated carbocycles. The van der Waals surface area contributed by atoms with E-state index in [2.05, 4.69) is 11.9 Å². The van der Waals surface area contributed by atoms with Crippen molar-refractivity contribution in [3.05, 3.63) is 12.7 Å². The Balaban J connectivity index is 3.49. The molecule has 0 saturated heterocycles. The summed E-state index contributed by atoms with van der Waals surface area (Å²) >= 11 is 0. The molecule has 0 aromatic heterocycles. The zero-order valence-corrected chi connectivity index (χ0v) is 10.1. The highest BCUT2D eigenvalue weighted by molar-refractivity contribution is 5.72. The predicted molar refractivity (Wildman–Crippen MR) is 62.9 cm³/mol. The lowest BCUT2D eigenvalue weighted by Crippen LogP contribution is -2.21. The molecule has 0 aromatic rings. The molecule has 0 aliphatic rings. The van der Waals surface area contributed by atoms with Crippen molar-refractivity contribution in [1.29, 1.82) is 0 Å². The number of hydrogen-bond donors (Lipinski definition) is 1. The monoisotopic (exact) mass is 227 g/mol. The van der Waals surface area contributed by atoms with Crippen molar-refractivity contribution in [2.45, 2.75) is 33.1 Å². The Morgan fingerprint density at radius 1 is 1.44 bits per heavy atom. The Labute approximate surface area is 97.1 Å². The summed E-state index contributed by atoms with van der Waals surface area (Å²) in [6.07, 6.45) is 4.14. The Bertz CT molecular complexity index is 238. The van der Waals surface area contributed by atoms with Gasteiger partial charge in [-0.25, -0.2) is 0 Å². The number of carbonyl (C=O) groups is 2. The summed E-state index contributed by atoms with van der Waals surface area (Å²) in [5.74, 6) is -0.282. The zero-order valence-electron chi connectivity index (χ0n) is 10.1. The van der Waals surface area contributed by atoms with Gasteiger partial charge in [0.25, 0.3) is 0 Å². The Morgan fingerprint density at radius 3 is 2.69 bits per heavy atom. The van der Waals surface area contributed by atoms with Crippen LogP contribution in [0, 0.1) is 5.92 Å². The van der Waals surface area contributed by atoms with E-state index in [4.69, 9.17) is 4.74 Å². The van der Waals surface area contributed by atoms with E-state index >= 15 is 0 Å². The van der Waals surface area contributed by atoms with Gasteiger partial charge >= 0.3 is 5.97 Å². The Morgan fingerprint density at radius 2 is 2.12 bits per heavy atom. The molecule has 92 valence electrons. The normalized spacial score (nSPS) is 11.6. The summed E-state index contributed by atoms with van der Waals surface area (Å²) < 4.78 is 4.92. The smallest absolute Gasteiger partial charge is 0.308 e. The van der Waals surface area contributed by atoms with E-state index in [1.54, 1.807) is 6.08 Å². The van der Waals surface area contributed by atoms with Gasteiger partial charge in [-0.2, -0.15) is 0 Å². The fourth-order valence-electron chi connectivity index (χ4n) is 1.24. The number of hydrogen-bond acceptors (Lipinski definition) is 3. The van der Waals surface area contributed by atoms with Crippen molar-refractivity contribution < 1.29 is 14.3 Å². The van der Waals surface area contributed by atoms with Crippen LogP contribution in [0.2, 0.25) is 0 Å². The summed E-state index contributed by atoms with van der Waals surface area (Å²) in [6.45, 7) is 7.77. The topological polar surface area (TPSA) is 55.4 Å². The molecule has 16 heavy (non-hydrogen) atoms. The summed E-state index contributed by atoms with van der Waals surface area (Å²) in [4.78, 5) is 21.9. The summed E-state index contributed by atoms with van der Waals surface area (Å²) in [5.41, 5.74) is 0. The molecule has 0 bridgehead atoms. The van der Waals surface area contributed by atoms with Crippen molar-refractivity contribution >= 4 is 11.9 Å². The van der Waals surface area contributed by atoms with Gasteiger partial charge in [0.1, 0.15) is 6.61 Å². The number of rotatable bonds is 8. The molecule has 0 radical (unpaired) electrons. The standard InChI is InChI=1S/C12H21NO3/c1-4-9-16-12(15)10(2)7-5-6-8-13-11(3)14/h4,10H,1,5-9H2,2-3H3,(H,13,14)/t10-/m0/s1. The third-order valence-corrected chi connectivity index (χ3v) is 2.18. The summed E-state index contributed by atoms with van der Waals surface area (Å²) in [7, 11) is 0. The molecule has 1 atom stereocenters. The molecule has 0 heterocycles. The van der Waals surface area contributed by atoms with Crippen LogP contribution in [0.1, 0.15) is 33.1 Å². The highest BCUT2D eigenvalue weighted by Crippen LogP contribution is 2.09. The van der Waals surface area contributed by atoms with Gasteiger partial charge in [0.05, 0.1) is 5.92 Å². The molecular formula is C12H21NO3. The van der Waals surface area contributed by atoms with Gasteiger partial charge in [-0.1, -0.05) is 26.0 Å². The summed E-state index contributed by atoms with van der Waals surface area (Å²) in [5, 5.41) is 2.71. The van der Waals surface area contributed by atoms with Crippen molar-refractivity contribution in [3.63, 3.8) is 0 Å². The van der Waals surface area contributed by atoms with E-state index in [-0.39, 0.29) is 24.4 Å². The van der Waals surface area contributed by atoms with Crippen LogP contribution in [0.4, 0.5) is 0 Å². The Hall–Kier alpha value is -1.32. The second kappa shape index (κ2) is 8.95. The van der Waals surface area contributed by atoms with Crippen molar-refractivity contribution in [1.82, 2.24) is 5.32 Å². The fraction of sp³-hybridized carbons (Fsp3) is 0.667. The highest BCUT2D eigenvalue weighted by Gasteiger charge is 2.12. The minimum atomic E-state index is -0.181. The van der Waals surface area contributed by atoms with Crippen LogP contribution in [0.15, 0.2) is 12.7 Å².